The van der Waals surface area contributed by atoms with Gasteiger partial charge in [-0.1, -0.05) is 19.1 Å². The zero-order valence-electron chi connectivity index (χ0n) is 9.19. The third-order valence-electron chi connectivity index (χ3n) is 4.51. The second-order valence-electron chi connectivity index (χ2n) is 5.18. The molecule has 0 aromatic carbocycles. The van der Waals surface area contributed by atoms with E-state index in [1.165, 1.54) is 12.8 Å². The fraction of sp³-hybridized carbons (Fsp3) is 0.769. The molecule has 3 aliphatic carbocycles. The lowest BCUT2D eigenvalue weighted by atomic mass is 9.80. The summed E-state index contributed by atoms with van der Waals surface area (Å²) in [6, 6.07) is 0. The lowest BCUT2D eigenvalue weighted by molar-refractivity contribution is -0.152. The van der Waals surface area contributed by atoms with Gasteiger partial charge in [-0.25, -0.2) is 0 Å². The van der Waals surface area contributed by atoms with E-state index in [0.29, 0.717) is 12.3 Å². The minimum Gasteiger partial charge on any atom is -0.462 e. The molecule has 0 spiro atoms. The summed E-state index contributed by atoms with van der Waals surface area (Å²) >= 11 is 0. The van der Waals surface area contributed by atoms with Crippen LogP contribution < -0.4 is 0 Å². The van der Waals surface area contributed by atoms with Crippen LogP contribution >= 0.6 is 0 Å². The highest BCUT2D eigenvalue weighted by Crippen LogP contribution is 2.57. The Morgan fingerprint density at radius 3 is 3.07 bits per heavy atom. The maximum absolute atomic E-state index is 11.3. The van der Waals surface area contributed by atoms with E-state index in [0.717, 1.165) is 24.2 Å². The number of esters is 1. The van der Waals surface area contributed by atoms with Gasteiger partial charge in [0, 0.05) is 6.42 Å². The molecule has 0 N–H and O–H groups in total. The van der Waals surface area contributed by atoms with Crippen molar-refractivity contribution in [1.29, 1.82) is 0 Å². The van der Waals surface area contributed by atoms with Crippen LogP contribution in [0.15, 0.2) is 12.2 Å². The van der Waals surface area contributed by atoms with Crippen LogP contribution in [0.25, 0.3) is 0 Å². The third-order valence-corrected chi connectivity index (χ3v) is 4.51. The molecule has 0 unspecified atom stereocenters. The lowest BCUT2D eigenvalue weighted by Gasteiger charge is -2.30. The Morgan fingerprint density at radius 1 is 1.40 bits per heavy atom. The molecule has 0 heterocycles. The van der Waals surface area contributed by atoms with Crippen molar-refractivity contribution in [2.45, 2.75) is 38.7 Å². The van der Waals surface area contributed by atoms with E-state index in [4.69, 9.17) is 4.74 Å². The summed E-state index contributed by atoms with van der Waals surface area (Å²) in [6.45, 7) is 1.87. The van der Waals surface area contributed by atoms with Crippen LogP contribution in [-0.4, -0.2) is 12.1 Å². The van der Waals surface area contributed by atoms with Gasteiger partial charge < -0.3 is 4.74 Å². The highest BCUT2D eigenvalue weighted by molar-refractivity contribution is 5.69. The molecule has 2 saturated carbocycles. The summed E-state index contributed by atoms with van der Waals surface area (Å²) in [5, 5.41) is 0. The number of rotatable bonds is 2. The lowest BCUT2D eigenvalue weighted by Crippen LogP contribution is -2.32. The molecule has 0 aromatic heterocycles. The SMILES string of the molecule is CCC(=O)O[C@@H]1C[C@H]2C[C@H]1[C@@H]1CC=C[C@@H]21. The maximum atomic E-state index is 11.3. The summed E-state index contributed by atoms with van der Waals surface area (Å²) in [5.74, 6) is 3.04. The molecule has 3 aliphatic rings. The molecule has 15 heavy (non-hydrogen) atoms. The van der Waals surface area contributed by atoms with Crippen LogP contribution in [0.2, 0.25) is 0 Å². The number of fused-ring (bicyclic) bond motifs is 5. The highest BCUT2D eigenvalue weighted by atomic mass is 16.5. The Bertz CT molecular complexity index is 308. The minimum atomic E-state index is -0.0185. The van der Waals surface area contributed by atoms with Crippen molar-refractivity contribution in [3.8, 4) is 0 Å². The van der Waals surface area contributed by atoms with Gasteiger partial charge in [0.25, 0.3) is 0 Å². The minimum absolute atomic E-state index is 0.0185. The predicted octanol–water partition coefficient (Wildman–Crippen LogP) is 2.54. The fourth-order valence-electron chi connectivity index (χ4n) is 3.88. The Labute approximate surface area is 90.7 Å². The van der Waals surface area contributed by atoms with Gasteiger partial charge in [-0.2, -0.15) is 0 Å². The number of carbonyl (C=O) groups is 1. The number of carbonyl (C=O) groups excluding carboxylic acids is 1. The summed E-state index contributed by atoms with van der Waals surface area (Å²) in [6.07, 6.45) is 9.09. The number of hydrogen-bond acceptors (Lipinski definition) is 2. The fourth-order valence-corrected chi connectivity index (χ4v) is 3.88. The first kappa shape index (κ1) is 9.44. The first-order chi connectivity index (χ1) is 7.29. The molecular formula is C13H18O2. The molecule has 0 saturated heterocycles. The van der Waals surface area contributed by atoms with Gasteiger partial charge >= 0.3 is 5.97 Å². The van der Waals surface area contributed by atoms with Crippen molar-refractivity contribution in [3.63, 3.8) is 0 Å². The van der Waals surface area contributed by atoms with E-state index in [1.807, 2.05) is 6.92 Å². The standard InChI is InChI=1S/C13H18O2/c1-2-13(14)15-12-7-8-6-11(12)10-5-3-4-9(8)10/h3-4,8-12H,2,5-7H2,1H3/t8-,9+,10-,11+,12-/m1/s1. The average molecular weight is 206 g/mol. The molecule has 0 aromatic rings. The van der Waals surface area contributed by atoms with Crippen molar-refractivity contribution in [3.05, 3.63) is 12.2 Å². The van der Waals surface area contributed by atoms with Crippen LogP contribution in [0.1, 0.15) is 32.6 Å². The third kappa shape index (κ3) is 1.34. The number of hydrogen-bond donors (Lipinski definition) is 0. The van der Waals surface area contributed by atoms with Crippen molar-refractivity contribution >= 4 is 5.97 Å². The van der Waals surface area contributed by atoms with E-state index in [2.05, 4.69) is 12.2 Å². The molecule has 5 atom stereocenters. The zero-order valence-corrected chi connectivity index (χ0v) is 9.19. The van der Waals surface area contributed by atoms with E-state index in [9.17, 15) is 4.79 Å². The second kappa shape index (κ2) is 3.36. The second-order valence-corrected chi connectivity index (χ2v) is 5.18. The molecule has 82 valence electrons. The van der Waals surface area contributed by atoms with Crippen molar-refractivity contribution in [1.82, 2.24) is 0 Å². The van der Waals surface area contributed by atoms with E-state index in [-0.39, 0.29) is 12.1 Å². The molecular weight excluding hydrogens is 188 g/mol. The van der Waals surface area contributed by atoms with Crippen molar-refractivity contribution in [2.24, 2.45) is 23.7 Å². The van der Waals surface area contributed by atoms with Gasteiger partial charge in [0.2, 0.25) is 0 Å². The first-order valence-corrected chi connectivity index (χ1v) is 6.15. The topological polar surface area (TPSA) is 26.3 Å². The zero-order chi connectivity index (χ0) is 10.4. The van der Waals surface area contributed by atoms with E-state index >= 15 is 0 Å². The Balaban J connectivity index is 1.69. The number of ether oxygens (including phenoxy) is 1. The molecule has 2 fully saturated rings. The van der Waals surface area contributed by atoms with E-state index < -0.39 is 0 Å². The van der Waals surface area contributed by atoms with Gasteiger partial charge in [0.15, 0.2) is 0 Å². The number of allylic oxidation sites excluding steroid dienone is 2. The summed E-state index contributed by atoms with van der Waals surface area (Å²) in [5.41, 5.74) is 0. The monoisotopic (exact) mass is 206 g/mol. The Kier molecular flexibility index (Phi) is 2.11. The van der Waals surface area contributed by atoms with Crippen LogP contribution in [0.3, 0.4) is 0 Å². The molecule has 2 bridgehead atoms. The van der Waals surface area contributed by atoms with Gasteiger partial charge in [-0.3, -0.25) is 4.79 Å². The van der Waals surface area contributed by atoms with Crippen LogP contribution in [-0.2, 0) is 9.53 Å². The molecule has 0 amide bonds. The average Bonchev–Trinajstić information content (AvgIpc) is 2.87. The van der Waals surface area contributed by atoms with Gasteiger partial charge in [-0.05, 0) is 42.9 Å². The van der Waals surface area contributed by atoms with Crippen LogP contribution in [0.5, 0.6) is 0 Å². The highest BCUT2D eigenvalue weighted by Gasteiger charge is 2.53. The first-order valence-electron chi connectivity index (χ1n) is 6.15. The molecule has 0 aliphatic heterocycles. The molecule has 3 rings (SSSR count). The van der Waals surface area contributed by atoms with Crippen LogP contribution in [0, 0.1) is 23.7 Å². The molecule has 2 nitrogen and oxygen atoms in total. The Hall–Kier alpha value is -0.790. The van der Waals surface area contributed by atoms with Crippen molar-refractivity contribution in [2.75, 3.05) is 0 Å². The van der Waals surface area contributed by atoms with E-state index in [1.54, 1.807) is 0 Å². The van der Waals surface area contributed by atoms with Crippen molar-refractivity contribution < 1.29 is 9.53 Å². The van der Waals surface area contributed by atoms with Gasteiger partial charge in [0.1, 0.15) is 6.10 Å². The molecule has 2 heteroatoms. The van der Waals surface area contributed by atoms with Gasteiger partial charge in [0.05, 0.1) is 0 Å². The smallest absolute Gasteiger partial charge is 0.305 e. The van der Waals surface area contributed by atoms with Gasteiger partial charge in [-0.15, -0.1) is 0 Å². The maximum Gasteiger partial charge on any atom is 0.305 e. The molecule has 0 radical (unpaired) electrons. The Morgan fingerprint density at radius 2 is 2.27 bits per heavy atom. The van der Waals surface area contributed by atoms with Crippen LogP contribution in [0.4, 0.5) is 0 Å². The largest absolute Gasteiger partial charge is 0.462 e. The normalized spacial score (nSPS) is 45.8. The quantitative estimate of drug-likeness (QED) is 0.512. The predicted molar refractivity (Wildman–Crippen MR) is 57.1 cm³/mol. The summed E-state index contributed by atoms with van der Waals surface area (Å²) < 4.78 is 5.54. The summed E-state index contributed by atoms with van der Waals surface area (Å²) in [7, 11) is 0. The summed E-state index contributed by atoms with van der Waals surface area (Å²) in [4.78, 5) is 11.3.